The summed E-state index contributed by atoms with van der Waals surface area (Å²) in [4.78, 5) is 31.8. The zero-order valence-electron chi connectivity index (χ0n) is 19.8. The van der Waals surface area contributed by atoms with Crippen LogP contribution in [0.15, 0.2) is 49.1 Å². The molecule has 0 spiro atoms. The van der Waals surface area contributed by atoms with Crippen LogP contribution in [0.1, 0.15) is 32.1 Å². The molecule has 4 aromatic heterocycles. The second-order valence-corrected chi connectivity index (χ2v) is 9.75. The van der Waals surface area contributed by atoms with Crippen LogP contribution in [-0.4, -0.2) is 49.1 Å². The van der Waals surface area contributed by atoms with Gasteiger partial charge < -0.3 is 15.2 Å². The van der Waals surface area contributed by atoms with Crippen molar-refractivity contribution in [3.05, 3.63) is 49.1 Å². The van der Waals surface area contributed by atoms with Gasteiger partial charge in [0, 0.05) is 36.2 Å². The predicted octanol–water partition coefficient (Wildman–Crippen LogP) is 4.90. The second-order valence-electron chi connectivity index (χ2n) is 9.75. The van der Waals surface area contributed by atoms with Crippen LogP contribution < -0.4 is 10.2 Å². The van der Waals surface area contributed by atoms with E-state index < -0.39 is 0 Å². The number of aromatic nitrogens is 6. The fourth-order valence-corrected chi connectivity index (χ4v) is 5.03. The Bertz CT molecular complexity index is 1590. The van der Waals surface area contributed by atoms with Crippen LogP contribution in [0, 0.1) is 5.92 Å². The molecule has 7 rings (SSSR count). The number of pyridine rings is 2. The normalized spacial score (nSPS) is 16.1. The zero-order valence-corrected chi connectivity index (χ0v) is 19.8. The highest BCUT2D eigenvalue weighted by Crippen LogP contribution is 2.34. The average Bonchev–Trinajstić information content (AvgIpc) is 3.55. The van der Waals surface area contributed by atoms with Crippen LogP contribution in [0.4, 0.5) is 11.4 Å². The number of aromatic amines is 2. The van der Waals surface area contributed by atoms with Gasteiger partial charge in [-0.25, -0.2) is 4.98 Å². The molecule has 5 heterocycles. The molecular weight excluding hydrogens is 452 g/mol. The molecule has 0 unspecified atom stereocenters. The summed E-state index contributed by atoms with van der Waals surface area (Å²) in [6, 6.07) is 8.10. The van der Waals surface area contributed by atoms with Crippen molar-refractivity contribution in [3.63, 3.8) is 0 Å². The molecule has 1 saturated heterocycles. The monoisotopic (exact) mass is 478 g/mol. The molecular formula is C27H26N8O. The fourth-order valence-electron chi connectivity index (χ4n) is 5.03. The number of carbonyl (C=O) groups is 1. The Morgan fingerprint density at radius 1 is 0.944 bits per heavy atom. The van der Waals surface area contributed by atoms with Crippen molar-refractivity contribution in [1.29, 1.82) is 0 Å². The molecule has 0 bridgehead atoms. The maximum absolute atomic E-state index is 12.2. The highest BCUT2D eigenvalue weighted by Gasteiger charge is 2.29. The van der Waals surface area contributed by atoms with Crippen LogP contribution in [0.2, 0.25) is 0 Å². The summed E-state index contributed by atoms with van der Waals surface area (Å²) in [5.74, 6) is 0.931. The van der Waals surface area contributed by atoms with E-state index in [4.69, 9.17) is 4.98 Å². The number of amides is 1. The first kappa shape index (κ1) is 21.0. The minimum absolute atomic E-state index is 0.0739. The van der Waals surface area contributed by atoms with E-state index in [2.05, 4.69) is 41.4 Å². The first-order valence-corrected chi connectivity index (χ1v) is 12.6. The van der Waals surface area contributed by atoms with Crippen molar-refractivity contribution in [2.24, 2.45) is 5.92 Å². The summed E-state index contributed by atoms with van der Waals surface area (Å²) in [7, 11) is 0. The van der Waals surface area contributed by atoms with Gasteiger partial charge >= 0.3 is 0 Å². The van der Waals surface area contributed by atoms with E-state index in [0.29, 0.717) is 11.5 Å². The first-order chi connectivity index (χ1) is 17.7. The number of nitrogens with zero attached hydrogens (tertiary/aromatic N) is 5. The minimum Gasteiger partial charge on any atom is -0.368 e. The average molecular weight is 479 g/mol. The number of hydrogen-bond donors (Lipinski definition) is 3. The van der Waals surface area contributed by atoms with Crippen molar-refractivity contribution >= 4 is 39.2 Å². The smallest absolute Gasteiger partial charge is 0.227 e. The van der Waals surface area contributed by atoms with E-state index in [9.17, 15) is 4.79 Å². The second kappa shape index (κ2) is 8.44. The van der Waals surface area contributed by atoms with Gasteiger partial charge in [-0.3, -0.25) is 19.9 Å². The highest BCUT2D eigenvalue weighted by atomic mass is 16.2. The lowest BCUT2D eigenvalue weighted by Gasteiger charge is -2.28. The molecule has 1 aliphatic carbocycles. The third kappa shape index (κ3) is 3.77. The Morgan fingerprint density at radius 3 is 2.67 bits per heavy atom. The number of hydrogen-bond acceptors (Lipinski definition) is 6. The highest BCUT2D eigenvalue weighted by molar-refractivity contribution is 5.98. The third-order valence-corrected chi connectivity index (χ3v) is 7.15. The molecule has 1 aromatic carbocycles. The maximum Gasteiger partial charge on any atom is 0.227 e. The topological polar surface area (TPSA) is 115 Å². The lowest BCUT2D eigenvalue weighted by atomic mass is 10.0. The van der Waals surface area contributed by atoms with Gasteiger partial charge in [0.2, 0.25) is 5.91 Å². The molecule has 5 aromatic rings. The minimum atomic E-state index is 0.0739. The number of fused-ring (bicyclic) bond motifs is 2. The van der Waals surface area contributed by atoms with Crippen molar-refractivity contribution in [1.82, 2.24) is 30.1 Å². The molecule has 36 heavy (non-hydrogen) atoms. The van der Waals surface area contributed by atoms with Gasteiger partial charge in [0.25, 0.3) is 0 Å². The van der Waals surface area contributed by atoms with Crippen LogP contribution >= 0.6 is 0 Å². The van der Waals surface area contributed by atoms with E-state index in [-0.39, 0.29) is 11.8 Å². The number of imidazole rings is 1. The molecule has 2 fully saturated rings. The molecule has 3 N–H and O–H groups in total. The van der Waals surface area contributed by atoms with E-state index in [1.807, 2.05) is 36.8 Å². The summed E-state index contributed by atoms with van der Waals surface area (Å²) in [5, 5.41) is 11.7. The van der Waals surface area contributed by atoms with E-state index >= 15 is 0 Å². The molecule has 1 aliphatic heterocycles. The van der Waals surface area contributed by atoms with Crippen LogP contribution in [0.3, 0.4) is 0 Å². The lowest BCUT2D eigenvalue weighted by Crippen LogP contribution is -2.29. The standard InChI is InChI=1S/C27H26N8O/c36-27(16-4-5-16)30-19-10-18(12-28-13-19)17-6-7-21-20(11-17)24(34-33-21)26-31-22-14-29-15-23(25(22)32-26)35-8-2-1-3-9-35/h6-7,10-16H,1-5,8-9H2,(H,30,36)(H,31,32)(H,33,34). The van der Waals surface area contributed by atoms with Gasteiger partial charge in [-0.2, -0.15) is 5.10 Å². The van der Waals surface area contributed by atoms with Gasteiger partial charge in [-0.1, -0.05) is 6.07 Å². The first-order valence-electron chi connectivity index (χ1n) is 12.6. The van der Waals surface area contributed by atoms with E-state index in [1.165, 1.54) is 19.3 Å². The Labute approximate surface area is 207 Å². The summed E-state index contributed by atoms with van der Waals surface area (Å²) < 4.78 is 0. The Balaban J connectivity index is 1.25. The van der Waals surface area contributed by atoms with Gasteiger partial charge in [0.1, 0.15) is 11.2 Å². The molecule has 180 valence electrons. The van der Waals surface area contributed by atoms with Crippen LogP contribution in [-0.2, 0) is 4.79 Å². The maximum atomic E-state index is 12.2. The van der Waals surface area contributed by atoms with Crippen molar-refractivity contribution < 1.29 is 4.79 Å². The molecule has 9 nitrogen and oxygen atoms in total. The summed E-state index contributed by atoms with van der Waals surface area (Å²) >= 11 is 0. The third-order valence-electron chi connectivity index (χ3n) is 7.15. The summed E-state index contributed by atoms with van der Waals surface area (Å²) in [5.41, 5.74) is 7.24. The van der Waals surface area contributed by atoms with Crippen LogP contribution in [0.25, 0.3) is 44.6 Å². The Kier molecular flexibility index (Phi) is 4.93. The molecule has 1 saturated carbocycles. The lowest BCUT2D eigenvalue weighted by molar-refractivity contribution is -0.117. The van der Waals surface area contributed by atoms with Crippen molar-refractivity contribution in [3.8, 4) is 22.6 Å². The van der Waals surface area contributed by atoms with Crippen molar-refractivity contribution in [2.75, 3.05) is 23.3 Å². The van der Waals surface area contributed by atoms with Gasteiger partial charge in [0.15, 0.2) is 5.82 Å². The van der Waals surface area contributed by atoms with Gasteiger partial charge in [-0.05, 0) is 55.9 Å². The predicted molar refractivity (Wildman–Crippen MR) is 140 cm³/mol. The molecule has 9 heteroatoms. The molecule has 0 atom stereocenters. The summed E-state index contributed by atoms with van der Waals surface area (Å²) in [6.07, 6.45) is 12.8. The summed E-state index contributed by atoms with van der Waals surface area (Å²) in [6.45, 7) is 2.07. The molecule has 2 aliphatic rings. The number of carbonyl (C=O) groups excluding carboxylic acids is 1. The number of anilines is 2. The van der Waals surface area contributed by atoms with Gasteiger partial charge in [-0.15, -0.1) is 0 Å². The quantitative estimate of drug-likeness (QED) is 0.331. The number of nitrogens with one attached hydrogen (secondary N) is 3. The number of piperidine rings is 1. The molecule has 0 radical (unpaired) electrons. The molecule has 1 amide bonds. The Hall–Kier alpha value is -4.27. The van der Waals surface area contributed by atoms with E-state index in [1.54, 1.807) is 6.20 Å². The largest absolute Gasteiger partial charge is 0.368 e. The van der Waals surface area contributed by atoms with E-state index in [0.717, 1.165) is 70.4 Å². The number of H-pyrrole nitrogens is 2. The number of rotatable bonds is 5. The SMILES string of the molecule is O=C(Nc1cncc(-c2ccc3[nH]nc(-c4nc5c(N6CCCCC6)cncc5[nH]4)c3c2)c1)C1CC1. The fraction of sp³-hybridized carbons (Fsp3) is 0.296. The van der Waals surface area contributed by atoms with Crippen molar-refractivity contribution in [2.45, 2.75) is 32.1 Å². The van der Waals surface area contributed by atoms with Gasteiger partial charge in [0.05, 0.1) is 41.0 Å². The number of benzene rings is 1. The van der Waals surface area contributed by atoms with Crippen LogP contribution in [0.5, 0.6) is 0 Å². The Morgan fingerprint density at radius 2 is 1.81 bits per heavy atom. The zero-order chi connectivity index (χ0) is 24.1.